The van der Waals surface area contributed by atoms with E-state index >= 15 is 0 Å². The zero-order valence-electron chi connectivity index (χ0n) is 10.7. The summed E-state index contributed by atoms with van der Waals surface area (Å²) < 4.78 is 0. The van der Waals surface area contributed by atoms with Crippen LogP contribution in [-0.4, -0.2) is 22.5 Å². The molecule has 0 saturated heterocycles. The van der Waals surface area contributed by atoms with E-state index in [2.05, 4.69) is 18.8 Å². The minimum atomic E-state index is -0.659. The van der Waals surface area contributed by atoms with Gasteiger partial charge in [-0.2, -0.15) is 0 Å². The molecule has 0 radical (unpaired) electrons. The maximum Gasteiger partial charge on any atom is 0.102 e. The van der Waals surface area contributed by atoms with Crippen molar-refractivity contribution >= 4 is 5.71 Å². The van der Waals surface area contributed by atoms with E-state index in [1.807, 2.05) is 20.8 Å². The molecule has 0 saturated carbocycles. The molecule has 0 aromatic carbocycles. The SMILES string of the molecule is CCCC(O)(CCC)C(C)=NC(C)C.[Gd]. The second kappa shape index (κ2) is 9.03. The van der Waals surface area contributed by atoms with Gasteiger partial charge in [0.25, 0.3) is 0 Å². The van der Waals surface area contributed by atoms with Gasteiger partial charge in [-0.25, -0.2) is 0 Å². The Hall–Kier alpha value is 0.955. The molecule has 0 bridgehead atoms. The number of aliphatic hydroxyl groups is 1. The Morgan fingerprint density at radius 3 is 1.87 bits per heavy atom. The Balaban J connectivity index is 0. The second-order valence-electron chi connectivity index (χ2n) is 4.34. The molecule has 0 atom stereocenters. The van der Waals surface area contributed by atoms with Crippen LogP contribution in [0.25, 0.3) is 0 Å². The monoisotopic (exact) mass is 357 g/mol. The Bertz CT molecular complexity index is 184. The van der Waals surface area contributed by atoms with Crippen molar-refractivity contribution < 1.29 is 45.0 Å². The van der Waals surface area contributed by atoms with Crippen molar-refractivity contribution in [3.63, 3.8) is 0 Å². The molecule has 0 fully saturated rings. The first kappa shape index (κ1) is 18.3. The number of aliphatic imine (C=N–C) groups is 1. The van der Waals surface area contributed by atoms with Crippen LogP contribution in [0.1, 0.15) is 60.3 Å². The Kier molecular flexibility index (Phi) is 11.0. The van der Waals surface area contributed by atoms with E-state index in [0.29, 0.717) is 0 Å². The Labute approximate surface area is 127 Å². The molecule has 92 valence electrons. The van der Waals surface area contributed by atoms with Gasteiger partial charge in [-0.05, 0) is 33.6 Å². The van der Waals surface area contributed by atoms with Crippen LogP contribution < -0.4 is 0 Å². The molecular weight excluding hydrogens is 331 g/mol. The van der Waals surface area contributed by atoms with Crippen molar-refractivity contribution in [3.05, 3.63) is 0 Å². The summed E-state index contributed by atoms with van der Waals surface area (Å²) in [5, 5.41) is 10.4. The van der Waals surface area contributed by atoms with Gasteiger partial charge in [0.05, 0.1) is 0 Å². The first-order chi connectivity index (χ1) is 6.46. The topological polar surface area (TPSA) is 32.6 Å². The Morgan fingerprint density at radius 2 is 1.60 bits per heavy atom. The molecule has 0 spiro atoms. The first-order valence-corrected chi connectivity index (χ1v) is 5.73. The number of hydrogen-bond donors (Lipinski definition) is 1. The van der Waals surface area contributed by atoms with Gasteiger partial charge in [0.15, 0.2) is 0 Å². The molecule has 0 aliphatic heterocycles. The molecule has 1 N–H and O–H groups in total. The van der Waals surface area contributed by atoms with Gasteiger partial charge in [0.1, 0.15) is 5.60 Å². The Morgan fingerprint density at radius 1 is 1.20 bits per heavy atom. The summed E-state index contributed by atoms with van der Waals surface area (Å²) in [6.45, 7) is 10.2. The van der Waals surface area contributed by atoms with Crippen LogP contribution >= 0.6 is 0 Å². The van der Waals surface area contributed by atoms with Crippen LogP contribution in [0.15, 0.2) is 4.99 Å². The maximum absolute atomic E-state index is 10.4. The smallest absolute Gasteiger partial charge is 0.102 e. The molecule has 2 nitrogen and oxygen atoms in total. The van der Waals surface area contributed by atoms with Crippen LogP contribution in [0.5, 0.6) is 0 Å². The molecule has 0 heterocycles. The average molecular weight is 357 g/mol. The van der Waals surface area contributed by atoms with Crippen LogP contribution in [-0.2, 0) is 0 Å². The summed E-state index contributed by atoms with van der Waals surface area (Å²) in [5.74, 6) is 0. The summed E-state index contributed by atoms with van der Waals surface area (Å²) in [4.78, 5) is 4.45. The normalized spacial score (nSPS) is 12.9. The molecule has 0 aliphatic carbocycles. The summed E-state index contributed by atoms with van der Waals surface area (Å²) in [7, 11) is 0. The third-order valence-electron chi connectivity index (χ3n) is 2.45. The zero-order valence-corrected chi connectivity index (χ0v) is 12.9. The van der Waals surface area contributed by atoms with Crippen LogP contribution in [0.2, 0.25) is 0 Å². The second-order valence-corrected chi connectivity index (χ2v) is 4.34. The van der Waals surface area contributed by atoms with Crippen molar-refractivity contribution in [2.24, 2.45) is 4.99 Å². The van der Waals surface area contributed by atoms with Crippen molar-refractivity contribution in [3.8, 4) is 0 Å². The molecule has 0 aromatic heterocycles. The minimum absolute atomic E-state index is 0. The van der Waals surface area contributed by atoms with Crippen LogP contribution in [0.3, 0.4) is 0 Å². The van der Waals surface area contributed by atoms with Crippen molar-refractivity contribution in [1.29, 1.82) is 0 Å². The van der Waals surface area contributed by atoms with Gasteiger partial charge < -0.3 is 5.11 Å². The standard InChI is InChI=1S/C12H25NO.Gd/c1-6-8-12(14,9-7-2)11(5)13-10(3)4;/h10,14H,6-9H2,1-5H3;. The molecular formula is C12H25GdNO. The van der Waals surface area contributed by atoms with Crippen LogP contribution in [0.4, 0.5) is 0 Å². The molecule has 0 unspecified atom stereocenters. The minimum Gasteiger partial charge on any atom is -0.384 e. The van der Waals surface area contributed by atoms with E-state index in [4.69, 9.17) is 0 Å². The van der Waals surface area contributed by atoms with Gasteiger partial charge in [-0.3, -0.25) is 4.99 Å². The average Bonchev–Trinajstić information content (AvgIpc) is 2.03. The summed E-state index contributed by atoms with van der Waals surface area (Å²) in [6, 6.07) is 0.273. The van der Waals surface area contributed by atoms with E-state index in [1.165, 1.54) is 0 Å². The molecule has 15 heavy (non-hydrogen) atoms. The largest absolute Gasteiger partial charge is 0.384 e. The van der Waals surface area contributed by atoms with Gasteiger partial charge in [-0.15, -0.1) is 0 Å². The number of hydrogen-bond acceptors (Lipinski definition) is 2. The first-order valence-electron chi connectivity index (χ1n) is 5.73. The molecule has 0 aromatic rings. The van der Waals surface area contributed by atoms with Gasteiger partial charge >= 0.3 is 0 Å². The van der Waals surface area contributed by atoms with E-state index in [0.717, 1.165) is 31.4 Å². The third-order valence-corrected chi connectivity index (χ3v) is 2.45. The predicted octanol–water partition coefficient (Wildman–Crippen LogP) is 3.19. The number of rotatable bonds is 6. The molecule has 0 amide bonds. The van der Waals surface area contributed by atoms with Gasteiger partial charge in [0.2, 0.25) is 0 Å². The van der Waals surface area contributed by atoms with E-state index < -0.39 is 5.60 Å². The van der Waals surface area contributed by atoms with E-state index in [-0.39, 0.29) is 46.0 Å². The van der Waals surface area contributed by atoms with Gasteiger partial charge in [-0.1, -0.05) is 26.7 Å². The van der Waals surface area contributed by atoms with E-state index in [1.54, 1.807) is 0 Å². The quantitative estimate of drug-likeness (QED) is 0.729. The fourth-order valence-corrected chi connectivity index (χ4v) is 1.82. The van der Waals surface area contributed by atoms with Gasteiger partial charge in [0, 0.05) is 51.7 Å². The summed E-state index contributed by atoms with van der Waals surface area (Å²) >= 11 is 0. The third kappa shape index (κ3) is 6.99. The maximum atomic E-state index is 10.4. The van der Waals surface area contributed by atoms with Crippen molar-refractivity contribution in [2.45, 2.75) is 71.9 Å². The summed E-state index contributed by atoms with van der Waals surface area (Å²) in [5.41, 5.74) is 0.240. The molecule has 0 rings (SSSR count). The van der Waals surface area contributed by atoms with Crippen LogP contribution in [0, 0.1) is 39.9 Å². The predicted molar refractivity (Wildman–Crippen MR) is 63.0 cm³/mol. The zero-order chi connectivity index (χ0) is 11.2. The van der Waals surface area contributed by atoms with Crippen molar-refractivity contribution in [2.75, 3.05) is 0 Å². The van der Waals surface area contributed by atoms with E-state index in [9.17, 15) is 5.11 Å². The fraction of sp³-hybridized carbons (Fsp3) is 0.917. The van der Waals surface area contributed by atoms with Crippen molar-refractivity contribution in [1.82, 2.24) is 0 Å². The summed E-state index contributed by atoms with van der Waals surface area (Å²) in [6.07, 6.45) is 3.65. The molecule has 3 heteroatoms. The molecule has 0 aliphatic rings. The number of nitrogens with zero attached hydrogens (tertiary/aromatic N) is 1. The fourth-order valence-electron chi connectivity index (χ4n) is 1.82.